The molecule has 0 radical (unpaired) electrons. The normalized spacial score (nSPS) is 19.4. The molecule has 156 valence electrons. The number of nitrogens with zero attached hydrogens (tertiary/aromatic N) is 3. The lowest BCUT2D eigenvalue weighted by Gasteiger charge is -2.36. The molecule has 2 atom stereocenters. The van der Waals surface area contributed by atoms with E-state index in [0.29, 0.717) is 28.7 Å². The van der Waals surface area contributed by atoms with Crippen LogP contribution in [0.15, 0.2) is 36.5 Å². The summed E-state index contributed by atoms with van der Waals surface area (Å²) in [5.41, 5.74) is 1.12. The standard InChI is InChI=1S/C23H24N3O4/c1-2-29-19-10-9-15(14-20(19)30-16-6-3-4-7-16)17(11-12-24)22-23(27)21-18(26(22)28)8-5-13-25-21/h5,8-10,13-14,16-17,22H,2-4,6-7,11H2,1H3/q-1. The second kappa shape index (κ2) is 8.72. The van der Waals surface area contributed by atoms with Crippen molar-refractivity contribution in [3.8, 4) is 17.6 Å². The highest BCUT2D eigenvalue weighted by Gasteiger charge is 2.40. The quantitative estimate of drug-likeness (QED) is 0.673. The molecule has 1 fully saturated rings. The van der Waals surface area contributed by atoms with Crippen LogP contribution in [0.2, 0.25) is 0 Å². The Labute approximate surface area is 175 Å². The van der Waals surface area contributed by atoms with E-state index in [0.717, 1.165) is 25.7 Å². The van der Waals surface area contributed by atoms with Crippen LogP contribution in [0, 0.1) is 16.5 Å². The van der Waals surface area contributed by atoms with E-state index in [1.807, 2.05) is 19.1 Å². The number of nitriles is 1. The third-order valence-electron chi connectivity index (χ3n) is 5.76. The molecule has 0 amide bonds. The zero-order valence-corrected chi connectivity index (χ0v) is 16.9. The molecule has 2 unspecified atom stereocenters. The molecule has 0 saturated heterocycles. The van der Waals surface area contributed by atoms with E-state index in [2.05, 4.69) is 11.1 Å². The topological polar surface area (TPSA) is 98.5 Å². The van der Waals surface area contributed by atoms with Gasteiger partial charge in [-0.1, -0.05) is 6.07 Å². The fraction of sp³-hybridized carbons (Fsp3) is 0.435. The lowest BCUT2D eigenvalue weighted by atomic mass is 9.87. The molecule has 1 aliphatic carbocycles. The summed E-state index contributed by atoms with van der Waals surface area (Å²) in [4.78, 5) is 17.0. The predicted octanol–water partition coefficient (Wildman–Crippen LogP) is 4.37. The predicted molar refractivity (Wildman–Crippen MR) is 112 cm³/mol. The van der Waals surface area contributed by atoms with Crippen molar-refractivity contribution < 1.29 is 14.3 Å². The number of hydrogen-bond acceptors (Lipinski definition) is 7. The Kier molecular flexibility index (Phi) is 5.86. The first-order valence-electron chi connectivity index (χ1n) is 10.4. The van der Waals surface area contributed by atoms with Gasteiger partial charge in [0.25, 0.3) is 0 Å². The highest BCUT2D eigenvalue weighted by molar-refractivity contribution is 6.10. The van der Waals surface area contributed by atoms with Gasteiger partial charge >= 0.3 is 0 Å². The molecule has 1 aromatic carbocycles. The first-order chi connectivity index (χ1) is 14.6. The molecular weight excluding hydrogens is 382 g/mol. The number of rotatable bonds is 7. The minimum absolute atomic E-state index is 0.0278. The van der Waals surface area contributed by atoms with Gasteiger partial charge < -0.3 is 19.7 Å². The smallest absolute Gasteiger partial charge is 0.205 e. The Morgan fingerprint density at radius 2 is 2.10 bits per heavy atom. The van der Waals surface area contributed by atoms with Crippen LogP contribution < -0.4 is 14.5 Å². The van der Waals surface area contributed by atoms with Crippen LogP contribution in [0.1, 0.15) is 61.0 Å². The number of ketones is 1. The van der Waals surface area contributed by atoms with E-state index < -0.39 is 12.0 Å². The van der Waals surface area contributed by atoms with E-state index in [4.69, 9.17) is 9.47 Å². The number of benzene rings is 1. The number of carbonyl (C=O) groups is 1. The average molecular weight is 406 g/mol. The van der Waals surface area contributed by atoms with Gasteiger partial charge in [-0.2, -0.15) is 5.26 Å². The van der Waals surface area contributed by atoms with Crippen LogP contribution in [0.5, 0.6) is 11.5 Å². The summed E-state index contributed by atoms with van der Waals surface area (Å²) in [5, 5.41) is 23.0. The van der Waals surface area contributed by atoms with Crippen molar-refractivity contribution in [3.63, 3.8) is 0 Å². The summed E-state index contributed by atoms with van der Waals surface area (Å²) in [6.07, 6.45) is 5.92. The van der Waals surface area contributed by atoms with Crippen LogP contribution in [0.3, 0.4) is 0 Å². The van der Waals surface area contributed by atoms with E-state index >= 15 is 0 Å². The molecule has 7 nitrogen and oxygen atoms in total. The van der Waals surface area contributed by atoms with Crippen molar-refractivity contribution in [2.24, 2.45) is 0 Å². The molecule has 7 heteroatoms. The summed E-state index contributed by atoms with van der Waals surface area (Å²) >= 11 is 0. The molecule has 2 heterocycles. The molecule has 2 aromatic rings. The molecule has 2 aliphatic rings. The van der Waals surface area contributed by atoms with E-state index in [-0.39, 0.29) is 29.7 Å². The van der Waals surface area contributed by atoms with E-state index in [1.165, 1.54) is 6.20 Å². The molecule has 1 aliphatic heterocycles. The average Bonchev–Trinajstić information content (AvgIpc) is 3.35. The highest BCUT2D eigenvalue weighted by atomic mass is 16.5. The zero-order valence-electron chi connectivity index (χ0n) is 16.9. The molecule has 0 bridgehead atoms. The highest BCUT2D eigenvalue weighted by Crippen LogP contribution is 2.41. The van der Waals surface area contributed by atoms with Crippen molar-refractivity contribution in [1.29, 1.82) is 5.26 Å². The second-order valence-corrected chi connectivity index (χ2v) is 7.64. The molecular formula is C23H24N3O4-. The molecule has 1 saturated carbocycles. The van der Waals surface area contributed by atoms with Gasteiger partial charge in [-0.3, -0.25) is 9.78 Å². The van der Waals surface area contributed by atoms with Gasteiger partial charge in [0.1, 0.15) is 5.69 Å². The van der Waals surface area contributed by atoms with Gasteiger partial charge in [0.05, 0.1) is 30.5 Å². The Balaban J connectivity index is 1.69. The van der Waals surface area contributed by atoms with Gasteiger partial charge in [0.2, 0.25) is 5.78 Å². The summed E-state index contributed by atoms with van der Waals surface area (Å²) in [6, 6.07) is 9.76. The molecule has 1 aromatic heterocycles. The van der Waals surface area contributed by atoms with E-state index in [9.17, 15) is 15.3 Å². The van der Waals surface area contributed by atoms with Gasteiger partial charge in [0.15, 0.2) is 11.5 Å². The minimum Gasteiger partial charge on any atom is -0.758 e. The van der Waals surface area contributed by atoms with Crippen LogP contribution in [0.4, 0.5) is 5.69 Å². The molecule has 30 heavy (non-hydrogen) atoms. The number of aromatic nitrogens is 1. The van der Waals surface area contributed by atoms with E-state index in [1.54, 1.807) is 18.2 Å². The van der Waals surface area contributed by atoms with Crippen LogP contribution in [0.25, 0.3) is 0 Å². The zero-order chi connectivity index (χ0) is 21.1. The van der Waals surface area contributed by atoms with Gasteiger partial charge in [-0.25, -0.2) is 0 Å². The number of carbonyl (C=O) groups excluding carboxylic acids is 1. The maximum absolute atomic E-state index is 13.0. The van der Waals surface area contributed by atoms with Crippen molar-refractivity contribution in [2.45, 2.75) is 57.1 Å². The maximum atomic E-state index is 13.0. The largest absolute Gasteiger partial charge is 0.758 e. The number of pyridine rings is 1. The third-order valence-corrected chi connectivity index (χ3v) is 5.76. The Hall–Kier alpha value is -3.11. The molecule has 4 rings (SSSR count). The lowest BCUT2D eigenvalue weighted by molar-refractivity contribution is 0.0957. The second-order valence-electron chi connectivity index (χ2n) is 7.64. The number of hydroxylamine groups is 1. The van der Waals surface area contributed by atoms with Gasteiger partial charge in [-0.15, -0.1) is 0 Å². The molecule has 0 N–H and O–H groups in total. The summed E-state index contributed by atoms with van der Waals surface area (Å²) in [5.74, 6) is 0.275. The number of anilines is 1. The SMILES string of the molecule is CCOc1ccc(C(CC#N)C2C(=O)c3ncccc3N2[O-])cc1OC1CCCC1. The van der Waals surface area contributed by atoms with Gasteiger partial charge in [0, 0.05) is 18.5 Å². The Morgan fingerprint density at radius 3 is 2.80 bits per heavy atom. The Morgan fingerprint density at radius 1 is 1.30 bits per heavy atom. The van der Waals surface area contributed by atoms with Crippen LogP contribution in [-0.4, -0.2) is 29.5 Å². The number of fused-ring (bicyclic) bond motifs is 1. The van der Waals surface area contributed by atoms with Crippen molar-refractivity contribution in [3.05, 3.63) is 53.0 Å². The Bertz CT molecular complexity index is 965. The first kappa shape index (κ1) is 20.2. The third kappa shape index (κ3) is 3.71. The van der Waals surface area contributed by atoms with Crippen molar-refractivity contribution >= 4 is 11.5 Å². The van der Waals surface area contributed by atoms with Crippen LogP contribution >= 0.6 is 0 Å². The molecule has 0 spiro atoms. The number of hydrogen-bond donors (Lipinski definition) is 0. The summed E-state index contributed by atoms with van der Waals surface area (Å²) in [7, 11) is 0. The van der Waals surface area contributed by atoms with Gasteiger partial charge in [-0.05, 0) is 62.4 Å². The van der Waals surface area contributed by atoms with Crippen LogP contribution in [-0.2, 0) is 0 Å². The minimum atomic E-state index is -1.02. The van der Waals surface area contributed by atoms with Crippen molar-refractivity contribution in [2.75, 3.05) is 11.7 Å². The van der Waals surface area contributed by atoms with Crippen molar-refractivity contribution in [1.82, 2.24) is 4.98 Å². The lowest BCUT2D eigenvalue weighted by Crippen LogP contribution is -2.36. The summed E-state index contributed by atoms with van der Waals surface area (Å²) in [6.45, 7) is 2.40. The maximum Gasteiger partial charge on any atom is 0.205 e. The monoisotopic (exact) mass is 406 g/mol. The summed E-state index contributed by atoms with van der Waals surface area (Å²) < 4.78 is 11.9. The fourth-order valence-electron chi connectivity index (χ4n) is 4.33. The number of Topliss-reactive ketones (excluding diaryl/α,β-unsaturated/α-hetero) is 1. The fourth-order valence-corrected chi connectivity index (χ4v) is 4.33. The number of ether oxygens (including phenoxy) is 2. The first-order valence-corrected chi connectivity index (χ1v) is 10.4.